The molecule has 2 aromatic rings. The number of hydrogen-bond donors (Lipinski definition) is 1. The van der Waals surface area contributed by atoms with Crippen LogP contribution in [0.2, 0.25) is 5.02 Å². The van der Waals surface area contributed by atoms with Gasteiger partial charge in [0, 0.05) is 37.3 Å². The van der Waals surface area contributed by atoms with Crippen LogP contribution in [-0.4, -0.2) is 31.2 Å². The Kier molecular flexibility index (Phi) is 2.93. The number of rotatable bonds is 1. The number of nitrogens with one attached hydrogen (secondary N) is 1. The summed E-state index contributed by atoms with van der Waals surface area (Å²) < 4.78 is 0.857. The molecule has 0 atom stereocenters. The first kappa shape index (κ1) is 11.5. The second kappa shape index (κ2) is 4.59. The molecule has 1 aliphatic heterocycles. The van der Waals surface area contributed by atoms with Crippen molar-refractivity contribution in [1.82, 2.24) is 10.3 Å². The van der Waals surface area contributed by atoms with Gasteiger partial charge in [-0.05, 0) is 12.1 Å². The zero-order chi connectivity index (χ0) is 12.5. The van der Waals surface area contributed by atoms with Crippen LogP contribution in [0.25, 0.3) is 11.0 Å². The van der Waals surface area contributed by atoms with E-state index in [-0.39, 0.29) is 0 Å². The normalized spacial score (nSPS) is 16.2. The van der Waals surface area contributed by atoms with Crippen LogP contribution < -0.4 is 14.9 Å². The van der Waals surface area contributed by atoms with Crippen LogP contribution in [0.5, 0.6) is 0 Å². The van der Waals surface area contributed by atoms with Gasteiger partial charge in [-0.25, -0.2) is 4.98 Å². The molecule has 1 aromatic heterocycles. The fraction of sp³-hybridized carbons (Fsp3) is 0.333. The van der Waals surface area contributed by atoms with E-state index in [1.54, 1.807) is 18.2 Å². The van der Waals surface area contributed by atoms with Gasteiger partial charge in [-0.3, -0.25) is 0 Å². The predicted molar refractivity (Wildman–Crippen MR) is 70.8 cm³/mol. The van der Waals surface area contributed by atoms with E-state index < -0.39 is 0 Å². The highest BCUT2D eigenvalue weighted by Crippen LogP contribution is 2.18. The second-order valence-corrected chi connectivity index (χ2v) is 4.73. The second-order valence-electron chi connectivity index (χ2n) is 4.29. The van der Waals surface area contributed by atoms with Crippen LogP contribution in [0.3, 0.4) is 0 Å². The smallest absolute Gasteiger partial charge is 0.242 e. The average molecular weight is 265 g/mol. The maximum absolute atomic E-state index is 11.9. The number of piperazine rings is 1. The van der Waals surface area contributed by atoms with E-state index in [0.29, 0.717) is 21.9 Å². The van der Waals surface area contributed by atoms with Crippen LogP contribution >= 0.6 is 11.6 Å². The quantitative estimate of drug-likeness (QED) is 0.615. The molecular weight excluding hydrogens is 252 g/mol. The molecule has 0 aliphatic carbocycles. The third kappa shape index (κ3) is 2.07. The van der Waals surface area contributed by atoms with Crippen molar-refractivity contribution in [3.63, 3.8) is 0 Å². The Morgan fingerprint density at radius 2 is 2.11 bits per heavy atom. The van der Waals surface area contributed by atoms with Crippen molar-refractivity contribution in [2.75, 3.05) is 31.1 Å². The number of aromatic nitrogens is 2. The summed E-state index contributed by atoms with van der Waals surface area (Å²) in [6, 6.07) is 5.11. The SMILES string of the molecule is [O-][n+]1cc(N2CCNCC2)nc2cc(Cl)ccc21. The first-order valence-electron chi connectivity index (χ1n) is 5.89. The average Bonchev–Trinajstić information content (AvgIpc) is 2.39. The molecule has 1 saturated heterocycles. The Labute approximate surface area is 110 Å². The zero-order valence-electron chi connectivity index (χ0n) is 9.77. The van der Waals surface area contributed by atoms with E-state index in [1.807, 2.05) is 0 Å². The number of hydrogen-bond acceptors (Lipinski definition) is 4. The summed E-state index contributed by atoms with van der Waals surface area (Å²) in [7, 11) is 0. The van der Waals surface area contributed by atoms with Crippen molar-refractivity contribution >= 4 is 28.5 Å². The van der Waals surface area contributed by atoms with Gasteiger partial charge in [0.15, 0.2) is 5.82 Å². The van der Waals surface area contributed by atoms with Gasteiger partial charge in [0.05, 0.1) is 0 Å². The lowest BCUT2D eigenvalue weighted by Gasteiger charge is -2.27. The minimum absolute atomic E-state index is 0.540. The summed E-state index contributed by atoms with van der Waals surface area (Å²) in [5, 5.41) is 15.8. The van der Waals surface area contributed by atoms with Gasteiger partial charge in [0.2, 0.25) is 11.7 Å². The summed E-state index contributed by atoms with van der Waals surface area (Å²) in [6.07, 6.45) is 1.53. The highest BCUT2D eigenvalue weighted by molar-refractivity contribution is 6.31. The molecule has 1 N–H and O–H groups in total. The minimum Gasteiger partial charge on any atom is -0.618 e. The van der Waals surface area contributed by atoms with Crippen molar-refractivity contribution in [3.8, 4) is 0 Å². The molecule has 0 amide bonds. The third-order valence-electron chi connectivity index (χ3n) is 3.08. The predicted octanol–water partition coefficient (Wildman–Crippen LogP) is 0.931. The molecule has 0 radical (unpaired) electrons. The topological polar surface area (TPSA) is 55.1 Å². The lowest BCUT2D eigenvalue weighted by atomic mass is 10.3. The fourth-order valence-electron chi connectivity index (χ4n) is 2.15. The molecule has 1 aromatic carbocycles. The van der Waals surface area contributed by atoms with Crippen molar-refractivity contribution in [2.45, 2.75) is 0 Å². The molecule has 0 saturated carbocycles. The first-order chi connectivity index (χ1) is 8.74. The van der Waals surface area contributed by atoms with Crippen LogP contribution in [0, 0.1) is 5.21 Å². The highest BCUT2D eigenvalue weighted by atomic mass is 35.5. The number of nitrogens with zero attached hydrogens (tertiary/aromatic N) is 3. The van der Waals surface area contributed by atoms with E-state index in [2.05, 4.69) is 15.2 Å². The van der Waals surface area contributed by atoms with Gasteiger partial charge in [0.25, 0.3) is 0 Å². The van der Waals surface area contributed by atoms with E-state index in [9.17, 15) is 5.21 Å². The van der Waals surface area contributed by atoms with Crippen molar-refractivity contribution < 1.29 is 4.73 Å². The molecule has 5 nitrogen and oxygen atoms in total. The molecule has 94 valence electrons. The van der Waals surface area contributed by atoms with Crippen molar-refractivity contribution in [1.29, 1.82) is 0 Å². The summed E-state index contributed by atoms with van der Waals surface area (Å²) in [4.78, 5) is 6.62. The number of fused-ring (bicyclic) bond motifs is 1. The molecule has 0 spiro atoms. The molecule has 3 rings (SSSR count). The van der Waals surface area contributed by atoms with Crippen LogP contribution in [0.1, 0.15) is 0 Å². The molecule has 1 fully saturated rings. The molecular formula is C12H13ClN4O. The van der Waals surface area contributed by atoms with E-state index in [1.165, 1.54) is 6.20 Å². The van der Waals surface area contributed by atoms with Gasteiger partial charge in [-0.2, -0.15) is 4.73 Å². The Balaban J connectivity index is 2.07. The molecule has 1 aliphatic rings. The van der Waals surface area contributed by atoms with E-state index in [4.69, 9.17) is 11.6 Å². The van der Waals surface area contributed by atoms with Crippen molar-refractivity contribution in [3.05, 3.63) is 34.6 Å². The monoisotopic (exact) mass is 264 g/mol. The van der Waals surface area contributed by atoms with Crippen LogP contribution in [-0.2, 0) is 0 Å². The standard InChI is InChI=1S/C12H13ClN4O/c13-9-1-2-11-10(7-9)15-12(8-17(11)18)16-5-3-14-4-6-16/h1-2,7-8,14H,3-6H2. The van der Waals surface area contributed by atoms with Gasteiger partial charge >= 0.3 is 0 Å². The molecule has 6 heteroatoms. The molecule has 0 unspecified atom stereocenters. The Morgan fingerprint density at radius 3 is 2.89 bits per heavy atom. The summed E-state index contributed by atoms with van der Waals surface area (Å²) in [5.41, 5.74) is 1.17. The van der Waals surface area contributed by atoms with Gasteiger partial charge in [0.1, 0.15) is 5.52 Å². The number of benzene rings is 1. The Hall–Kier alpha value is -1.59. The lowest BCUT2D eigenvalue weighted by Crippen LogP contribution is -2.45. The molecule has 0 bridgehead atoms. The fourth-order valence-corrected chi connectivity index (χ4v) is 2.31. The van der Waals surface area contributed by atoms with Crippen molar-refractivity contribution in [2.24, 2.45) is 0 Å². The summed E-state index contributed by atoms with van der Waals surface area (Å²) >= 11 is 5.93. The largest absolute Gasteiger partial charge is 0.618 e. The number of halogens is 1. The Morgan fingerprint density at radius 1 is 1.33 bits per heavy atom. The zero-order valence-corrected chi connectivity index (χ0v) is 10.5. The first-order valence-corrected chi connectivity index (χ1v) is 6.27. The minimum atomic E-state index is 0.540. The molecule has 18 heavy (non-hydrogen) atoms. The van der Waals surface area contributed by atoms with E-state index in [0.717, 1.165) is 30.9 Å². The van der Waals surface area contributed by atoms with Gasteiger partial charge < -0.3 is 15.4 Å². The summed E-state index contributed by atoms with van der Waals surface area (Å²) in [5.74, 6) is 0.710. The maximum atomic E-state index is 11.9. The van der Waals surface area contributed by atoms with Crippen LogP contribution in [0.15, 0.2) is 24.4 Å². The third-order valence-corrected chi connectivity index (χ3v) is 3.32. The van der Waals surface area contributed by atoms with Crippen LogP contribution in [0.4, 0.5) is 5.82 Å². The molecule has 2 heterocycles. The Bertz CT molecular complexity index is 584. The number of anilines is 1. The van der Waals surface area contributed by atoms with Gasteiger partial charge in [-0.15, -0.1) is 0 Å². The maximum Gasteiger partial charge on any atom is 0.242 e. The van der Waals surface area contributed by atoms with Gasteiger partial charge in [-0.1, -0.05) is 11.6 Å². The van der Waals surface area contributed by atoms with E-state index >= 15 is 0 Å². The summed E-state index contributed by atoms with van der Waals surface area (Å²) in [6.45, 7) is 3.54. The highest BCUT2D eigenvalue weighted by Gasteiger charge is 2.16. The lowest BCUT2D eigenvalue weighted by molar-refractivity contribution is -0.576.